The highest BCUT2D eigenvalue weighted by Gasteiger charge is 2.19. The zero-order valence-electron chi connectivity index (χ0n) is 13.3. The summed E-state index contributed by atoms with van der Waals surface area (Å²) in [6.45, 7) is 5.35. The average Bonchev–Trinajstić information content (AvgIpc) is 2.86. The first-order chi connectivity index (χ1) is 10.1. The number of fused-ring (bicyclic) bond motifs is 1. The molecule has 0 bridgehead atoms. The average molecular weight is 283 g/mol. The third-order valence-electron chi connectivity index (χ3n) is 4.41. The SMILES string of the molecule is CC(C)c1nn(C)cc1CNC1CCc2ccccc2C1. The Labute approximate surface area is 127 Å². The lowest BCUT2D eigenvalue weighted by atomic mass is 9.88. The van der Waals surface area contributed by atoms with E-state index in [-0.39, 0.29) is 0 Å². The van der Waals surface area contributed by atoms with E-state index in [0.29, 0.717) is 12.0 Å². The van der Waals surface area contributed by atoms with Crippen molar-refractivity contribution in [3.8, 4) is 0 Å². The van der Waals surface area contributed by atoms with Gasteiger partial charge in [0.1, 0.15) is 0 Å². The highest BCUT2D eigenvalue weighted by atomic mass is 15.3. The summed E-state index contributed by atoms with van der Waals surface area (Å²) in [5.41, 5.74) is 5.60. The molecule has 112 valence electrons. The van der Waals surface area contributed by atoms with E-state index >= 15 is 0 Å². The van der Waals surface area contributed by atoms with Crippen LogP contribution in [0.3, 0.4) is 0 Å². The van der Waals surface area contributed by atoms with Gasteiger partial charge in [0.2, 0.25) is 0 Å². The number of nitrogens with one attached hydrogen (secondary N) is 1. The minimum atomic E-state index is 0.482. The summed E-state index contributed by atoms with van der Waals surface area (Å²) < 4.78 is 1.93. The van der Waals surface area contributed by atoms with E-state index in [2.05, 4.69) is 54.7 Å². The molecule has 1 atom stereocenters. The van der Waals surface area contributed by atoms with E-state index in [9.17, 15) is 0 Å². The largest absolute Gasteiger partial charge is 0.309 e. The number of benzene rings is 1. The van der Waals surface area contributed by atoms with Gasteiger partial charge in [-0.05, 0) is 36.3 Å². The monoisotopic (exact) mass is 283 g/mol. The van der Waals surface area contributed by atoms with Crippen LogP contribution in [0.15, 0.2) is 30.5 Å². The molecule has 1 unspecified atom stereocenters. The third kappa shape index (κ3) is 3.18. The zero-order chi connectivity index (χ0) is 14.8. The van der Waals surface area contributed by atoms with Crippen LogP contribution in [0.1, 0.15) is 48.6 Å². The van der Waals surface area contributed by atoms with Gasteiger partial charge in [-0.25, -0.2) is 0 Å². The zero-order valence-corrected chi connectivity index (χ0v) is 13.3. The fourth-order valence-electron chi connectivity index (χ4n) is 3.30. The van der Waals surface area contributed by atoms with Gasteiger partial charge >= 0.3 is 0 Å². The maximum absolute atomic E-state index is 4.59. The van der Waals surface area contributed by atoms with E-state index in [4.69, 9.17) is 0 Å². The highest BCUT2D eigenvalue weighted by molar-refractivity contribution is 5.30. The molecule has 3 rings (SSSR count). The molecule has 0 saturated carbocycles. The van der Waals surface area contributed by atoms with Crippen LogP contribution in [0.25, 0.3) is 0 Å². The van der Waals surface area contributed by atoms with Crippen LogP contribution >= 0.6 is 0 Å². The van der Waals surface area contributed by atoms with Crippen molar-refractivity contribution in [2.24, 2.45) is 7.05 Å². The minimum absolute atomic E-state index is 0.482. The Hall–Kier alpha value is -1.61. The second-order valence-corrected chi connectivity index (χ2v) is 6.46. The quantitative estimate of drug-likeness (QED) is 0.934. The van der Waals surface area contributed by atoms with Gasteiger partial charge in [-0.2, -0.15) is 5.10 Å². The molecule has 3 heteroatoms. The predicted octanol–water partition coefficient (Wildman–Crippen LogP) is 3.19. The first-order valence-corrected chi connectivity index (χ1v) is 7.96. The molecule has 0 saturated heterocycles. The van der Waals surface area contributed by atoms with Crippen molar-refractivity contribution >= 4 is 0 Å². The van der Waals surface area contributed by atoms with Gasteiger partial charge in [0.05, 0.1) is 5.69 Å². The van der Waals surface area contributed by atoms with Crippen molar-refractivity contribution in [3.63, 3.8) is 0 Å². The van der Waals surface area contributed by atoms with Gasteiger partial charge in [0.15, 0.2) is 0 Å². The molecule has 1 aliphatic rings. The summed E-state index contributed by atoms with van der Waals surface area (Å²) >= 11 is 0. The van der Waals surface area contributed by atoms with Gasteiger partial charge in [-0.15, -0.1) is 0 Å². The summed E-state index contributed by atoms with van der Waals surface area (Å²) in [5, 5.41) is 8.32. The van der Waals surface area contributed by atoms with Crippen molar-refractivity contribution in [1.29, 1.82) is 0 Å². The van der Waals surface area contributed by atoms with E-state index in [1.807, 2.05) is 11.7 Å². The van der Waals surface area contributed by atoms with Gasteiger partial charge in [-0.1, -0.05) is 38.1 Å². The van der Waals surface area contributed by atoms with Gasteiger partial charge < -0.3 is 5.32 Å². The lowest BCUT2D eigenvalue weighted by molar-refractivity contribution is 0.456. The van der Waals surface area contributed by atoms with Gasteiger partial charge in [-0.3, -0.25) is 4.68 Å². The second-order valence-electron chi connectivity index (χ2n) is 6.46. The third-order valence-corrected chi connectivity index (χ3v) is 4.41. The summed E-state index contributed by atoms with van der Waals surface area (Å²) in [4.78, 5) is 0. The summed E-state index contributed by atoms with van der Waals surface area (Å²) in [7, 11) is 2.01. The number of nitrogens with zero attached hydrogens (tertiary/aromatic N) is 2. The van der Waals surface area contributed by atoms with Gasteiger partial charge in [0, 0.05) is 31.4 Å². The van der Waals surface area contributed by atoms with Crippen LogP contribution in [0.4, 0.5) is 0 Å². The van der Waals surface area contributed by atoms with Crippen molar-refractivity contribution in [2.45, 2.75) is 51.6 Å². The Morgan fingerprint density at radius 1 is 1.29 bits per heavy atom. The van der Waals surface area contributed by atoms with E-state index in [1.54, 1.807) is 0 Å². The first-order valence-electron chi connectivity index (χ1n) is 7.96. The van der Waals surface area contributed by atoms with Crippen LogP contribution < -0.4 is 5.32 Å². The summed E-state index contributed by atoms with van der Waals surface area (Å²) in [5.74, 6) is 0.482. The maximum Gasteiger partial charge on any atom is 0.0694 e. The Bertz CT molecular complexity index is 613. The molecule has 1 aliphatic carbocycles. The fraction of sp³-hybridized carbons (Fsp3) is 0.500. The minimum Gasteiger partial charge on any atom is -0.309 e. The van der Waals surface area contributed by atoms with Crippen molar-refractivity contribution < 1.29 is 0 Å². The number of rotatable bonds is 4. The maximum atomic E-state index is 4.59. The Kier molecular flexibility index (Phi) is 4.11. The molecule has 21 heavy (non-hydrogen) atoms. The predicted molar refractivity (Wildman–Crippen MR) is 86.4 cm³/mol. The number of aryl methyl sites for hydroxylation is 2. The summed E-state index contributed by atoms with van der Waals surface area (Å²) in [6.07, 6.45) is 5.72. The molecule has 2 aromatic rings. The Morgan fingerprint density at radius 2 is 2.05 bits per heavy atom. The van der Waals surface area contributed by atoms with Crippen LogP contribution in [0.5, 0.6) is 0 Å². The van der Waals surface area contributed by atoms with E-state index < -0.39 is 0 Å². The van der Waals surface area contributed by atoms with Crippen molar-refractivity contribution in [1.82, 2.24) is 15.1 Å². The van der Waals surface area contributed by atoms with Crippen LogP contribution in [-0.2, 0) is 26.4 Å². The fourth-order valence-corrected chi connectivity index (χ4v) is 3.30. The summed E-state index contributed by atoms with van der Waals surface area (Å²) in [6, 6.07) is 9.42. The molecule has 1 aromatic heterocycles. The molecule has 3 nitrogen and oxygen atoms in total. The molecule has 1 aromatic carbocycles. The van der Waals surface area contributed by atoms with Crippen LogP contribution in [0.2, 0.25) is 0 Å². The van der Waals surface area contributed by atoms with Crippen LogP contribution in [0, 0.1) is 0 Å². The standard InChI is InChI=1S/C18H25N3/c1-13(2)18-16(12-21(3)20-18)11-19-17-9-8-14-6-4-5-7-15(14)10-17/h4-7,12-13,17,19H,8-11H2,1-3H3. The molecule has 0 spiro atoms. The highest BCUT2D eigenvalue weighted by Crippen LogP contribution is 2.22. The molecule has 0 fully saturated rings. The topological polar surface area (TPSA) is 29.9 Å². The van der Waals surface area contributed by atoms with E-state index in [0.717, 1.165) is 13.0 Å². The van der Waals surface area contributed by atoms with Gasteiger partial charge in [0.25, 0.3) is 0 Å². The number of hydrogen-bond acceptors (Lipinski definition) is 2. The van der Waals surface area contributed by atoms with Crippen molar-refractivity contribution in [3.05, 3.63) is 52.8 Å². The molecule has 0 aliphatic heterocycles. The second kappa shape index (κ2) is 6.02. The normalized spacial score (nSPS) is 18.0. The molecular formula is C18H25N3. The molecule has 1 N–H and O–H groups in total. The molecule has 1 heterocycles. The van der Waals surface area contributed by atoms with E-state index in [1.165, 1.54) is 35.2 Å². The smallest absolute Gasteiger partial charge is 0.0694 e. The number of hydrogen-bond donors (Lipinski definition) is 1. The Balaban J connectivity index is 1.64. The molecule has 0 radical (unpaired) electrons. The van der Waals surface area contributed by atoms with Crippen LogP contribution in [-0.4, -0.2) is 15.8 Å². The molecule has 0 amide bonds. The first kappa shape index (κ1) is 14.3. The molecular weight excluding hydrogens is 258 g/mol. The lowest BCUT2D eigenvalue weighted by Gasteiger charge is -2.25. The van der Waals surface area contributed by atoms with Crippen molar-refractivity contribution in [2.75, 3.05) is 0 Å². The lowest BCUT2D eigenvalue weighted by Crippen LogP contribution is -2.34. The number of aromatic nitrogens is 2. The Morgan fingerprint density at radius 3 is 2.81 bits per heavy atom.